The highest BCUT2D eigenvalue weighted by Gasteiger charge is 2.45. The van der Waals surface area contributed by atoms with Gasteiger partial charge in [0.15, 0.2) is 0 Å². The topological polar surface area (TPSA) is 86.6 Å². The van der Waals surface area contributed by atoms with E-state index >= 15 is 0 Å². The average Bonchev–Trinajstić information content (AvgIpc) is 3.01. The summed E-state index contributed by atoms with van der Waals surface area (Å²) in [5.74, 6) is -2.51. The Morgan fingerprint density at radius 1 is 1.00 bits per heavy atom. The van der Waals surface area contributed by atoms with Crippen LogP contribution in [0.4, 0.5) is 0 Å². The Bertz CT molecular complexity index is 957. The molecule has 4 rings (SSSR count). The van der Waals surface area contributed by atoms with Crippen LogP contribution in [0.5, 0.6) is 0 Å². The Labute approximate surface area is 189 Å². The summed E-state index contributed by atoms with van der Waals surface area (Å²) in [5.41, 5.74) is 4.09. The molecular formula is C22H21Cl2NO4S. The molecule has 1 saturated heterocycles. The molecule has 2 heterocycles. The zero-order valence-electron chi connectivity index (χ0n) is 16.0. The highest BCUT2D eigenvalue weighted by molar-refractivity contribution is 8.01. The van der Waals surface area contributed by atoms with Crippen molar-refractivity contribution in [2.75, 3.05) is 13.1 Å². The quantitative estimate of drug-likeness (QED) is 0.545. The first kappa shape index (κ1) is 22.7. The Kier molecular flexibility index (Phi) is 7.47. The van der Waals surface area contributed by atoms with Crippen LogP contribution in [0.3, 0.4) is 0 Å². The van der Waals surface area contributed by atoms with E-state index in [2.05, 4.69) is 47.4 Å². The lowest BCUT2D eigenvalue weighted by molar-refractivity contribution is -0.134. The molecule has 30 heavy (non-hydrogen) atoms. The van der Waals surface area contributed by atoms with Crippen LogP contribution in [0.15, 0.2) is 54.6 Å². The first-order chi connectivity index (χ1) is 14.3. The van der Waals surface area contributed by atoms with E-state index in [0.717, 1.165) is 18.1 Å². The molecular weight excluding hydrogens is 445 g/mol. The fourth-order valence-corrected chi connectivity index (χ4v) is 6.25. The molecule has 158 valence electrons. The summed E-state index contributed by atoms with van der Waals surface area (Å²) < 4.78 is 0.232. The molecule has 1 unspecified atom stereocenters. The summed E-state index contributed by atoms with van der Waals surface area (Å²) in [6, 6.07) is 14.7. The van der Waals surface area contributed by atoms with E-state index < -0.39 is 11.9 Å². The number of hydrogen-bond acceptors (Lipinski definition) is 4. The van der Waals surface area contributed by atoms with Crippen molar-refractivity contribution < 1.29 is 19.8 Å². The van der Waals surface area contributed by atoms with Crippen molar-refractivity contribution in [3.63, 3.8) is 0 Å². The minimum Gasteiger partial charge on any atom is -0.478 e. The molecule has 0 radical (unpaired) electrons. The van der Waals surface area contributed by atoms with Crippen LogP contribution in [0.2, 0.25) is 10.0 Å². The summed E-state index contributed by atoms with van der Waals surface area (Å²) in [6.07, 6.45) is 3.47. The van der Waals surface area contributed by atoms with Crippen LogP contribution in [0.25, 0.3) is 0 Å². The van der Waals surface area contributed by atoms with E-state index in [1.807, 2.05) is 12.1 Å². The maximum atomic E-state index is 9.55. The molecule has 2 aromatic rings. The fraction of sp³-hybridized carbons (Fsp3) is 0.273. The summed E-state index contributed by atoms with van der Waals surface area (Å²) in [4.78, 5) is 19.1. The van der Waals surface area contributed by atoms with Gasteiger partial charge in [0, 0.05) is 26.9 Å². The van der Waals surface area contributed by atoms with Crippen LogP contribution < -0.4 is 5.32 Å². The second kappa shape index (κ2) is 9.88. The number of hydrogen-bond donors (Lipinski definition) is 3. The van der Waals surface area contributed by atoms with E-state index in [0.29, 0.717) is 22.4 Å². The number of carbonyl (C=O) groups is 2. The van der Waals surface area contributed by atoms with Crippen molar-refractivity contribution in [3.8, 4) is 0 Å². The molecule has 5 nitrogen and oxygen atoms in total. The number of benzene rings is 2. The lowest BCUT2D eigenvalue weighted by atomic mass is 9.85. The van der Waals surface area contributed by atoms with E-state index in [1.54, 1.807) is 0 Å². The third-order valence-corrected chi connectivity index (χ3v) is 7.49. The van der Waals surface area contributed by atoms with Crippen LogP contribution in [0, 0.1) is 0 Å². The molecule has 0 aliphatic carbocycles. The molecule has 0 aromatic heterocycles. The largest absolute Gasteiger partial charge is 0.478 e. The predicted octanol–water partition coefficient (Wildman–Crippen LogP) is 5.12. The molecule has 1 spiro atoms. The molecule has 8 heteroatoms. The normalized spacial score (nSPS) is 19.2. The smallest absolute Gasteiger partial charge is 0.328 e. The van der Waals surface area contributed by atoms with Gasteiger partial charge < -0.3 is 15.5 Å². The van der Waals surface area contributed by atoms with E-state index in [1.165, 1.54) is 29.5 Å². The molecule has 2 aliphatic rings. The number of aliphatic carboxylic acids is 2. The minimum atomic E-state index is -1.26. The molecule has 1 atom stereocenters. The molecule has 1 fully saturated rings. The van der Waals surface area contributed by atoms with Crippen molar-refractivity contribution in [2.24, 2.45) is 0 Å². The Morgan fingerprint density at radius 3 is 2.23 bits per heavy atom. The van der Waals surface area contributed by atoms with E-state index in [-0.39, 0.29) is 4.75 Å². The van der Waals surface area contributed by atoms with Gasteiger partial charge >= 0.3 is 11.9 Å². The van der Waals surface area contributed by atoms with Crippen LogP contribution >= 0.6 is 35.0 Å². The van der Waals surface area contributed by atoms with Gasteiger partial charge in [-0.1, -0.05) is 53.5 Å². The highest BCUT2D eigenvalue weighted by Crippen LogP contribution is 2.61. The van der Waals surface area contributed by atoms with Gasteiger partial charge in [0.2, 0.25) is 0 Å². The van der Waals surface area contributed by atoms with Gasteiger partial charge in [-0.2, -0.15) is 0 Å². The van der Waals surface area contributed by atoms with Crippen molar-refractivity contribution >= 4 is 46.9 Å². The average molecular weight is 466 g/mol. The van der Waals surface area contributed by atoms with Crippen LogP contribution in [-0.4, -0.2) is 35.2 Å². The second-order valence-corrected chi connectivity index (χ2v) is 9.34. The third kappa shape index (κ3) is 5.19. The number of nitrogens with one attached hydrogen (secondary N) is 1. The summed E-state index contributed by atoms with van der Waals surface area (Å²) in [7, 11) is 0. The van der Waals surface area contributed by atoms with Gasteiger partial charge in [0.1, 0.15) is 0 Å². The van der Waals surface area contributed by atoms with Gasteiger partial charge in [-0.25, -0.2) is 9.59 Å². The molecule has 3 N–H and O–H groups in total. The minimum absolute atomic E-state index is 0.232. The zero-order valence-corrected chi connectivity index (χ0v) is 18.3. The first-order valence-electron chi connectivity index (χ1n) is 9.39. The lowest BCUT2D eigenvalue weighted by Crippen LogP contribution is -2.36. The first-order valence-corrected chi connectivity index (χ1v) is 11.0. The number of halogens is 2. The zero-order chi connectivity index (χ0) is 21.7. The third-order valence-electron chi connectivity index (χ3n) is 5.10. The van der Waals surface area contributed by atoms with Gasteiger partial charge in [-0.3, -0.25) is 0 Å². The Balaban J connectivity index is 0.000000275. The fourth-order valence-electron chi connectivity index (χ4n) is 3.80. The van der Waals surface area contributed by atoms with Gasteiger partial charge in [0.05, 0.1) is 5.25 Å². The lowest BCUT2D eigenvalue weighted by Gasteiger charge is -2.34. The molecule has 0 saturated carbocycles. The monoisotopic (exact) mass is 465 g/mol. The van der Waals surface area contributed by atoms with Gasteiger partial charge in [0.25, 0.3) is 0 Å². The van der Waals surface area contributed by atoms with Crippen LogP contribution in [-0.2, 0) is 14.3 Å². The maximum Gasteiger partial charge on any atom is 0.328 e. The number of carboxylic acids is 2. The number of thioether (sulfide) groups is 1. The van der Waals surface area contributed by atoms with Crippen molar-refractivity contribution in [1.82, 2.24) is 5.32 Å². The van der Waals surface area contributed by atoms with E-state index in [9.17, 15) is 9.59 Å². The molecule has 0 bridgehead atoms. The second-order valence-electron chi connectivity index (χ2n) is 7.01. The summed E-state index contributed by atoms with van der Waals surface area (Å²) in [5, 5.41) is 20.9. The molecule has 2 aromatic carbocycles. The summed E-state index contributed by atoms with van der Waals surface area (Å²) >= 11 is 14.6. The van der Waals surface area contributed by atoms with Crippen molar-refractivity contribution in [2.45, 2.75) is 22.8 Å². The Morgan fingerprint density at radius 2 is 1.63 bits per heavy atom. The van der Waals surface area contributed by atoms with Crippen LogP contribution in [0.1, 0.15) is 34.8 Å². The number of rotatable bonds is 3. The van der Waals surface area contributed by atoms with Gasteiger partial charge in [-0.15, -0.1) is 11.8 Å². The predicted molar refractivity (Wildman–Crippen MR) is 121 cm³/mol. The number of fused-ring (bicyclic) bond motifs is 2. The Hall–Kier alpha value is -1.99. The van der Waals surface area contributed by atoms with Crippen molar-refractivity contribution in [3.05, 3.63) is 81.4 Å². The highest BCUT2D eigenvalue weighted by atomic mass is 35.5. The molecule has 0 amide bonds. The van der Waals surface area contributed by atoms with Gasteiger partial charge in [-0.05, 0) is 54.8 Å². The number of carboxylic acid groups (broad SMARTS) is 2. The van der Waals surface area contributed by atoms with E-state index in [4.69, 9.17) is 33.4 Å². The standard InChI is InChI=1S/C18H17Cl2NS.C4H4O4/c19-12-5-6-14(16(20)11-12)17-13-3-1-2-4-15(13)18(22-17)7-9-21-10-8-18;5-3(6)1-2-4(7)8/h1-6,11,17,21H,7-10H2;1-2H,(H,5,6)(H,7,8)/b;2-1-. The number of piperidine rings is 1. The SMILES string of the molecule is Clc1ccc(C2SC3(CCNCC3)c3ccccc32)c(Cl)c1.O=C(O)/C=C\C(=O)O. The van der Waals surface area contributed by atoms with Crippen molar-refractivity contribution in [1.29, 1.82) is 0 Å². The molecule has 2 aliphatic heterocycles. The maximum absolute atomic E-state index is 9.55. The summed E-state index contributed by atoms with van der Waals surface area (Å²) in [6.45, 7) is 2.17.